The summed E-state index contributed by atoms with van der Waals surface area (Å²) < 4.78 is 13.0. The van der Waals surface area contributed by atoms with Crippen molar-refractivity contribution in [2.24, 2.45) is 0 Å². The highest BCUT2D eigenvalue weighted by Gasteiger charge is 2.07. The average Bonchev–Trinajstić information content (AvgIpc) is 2.40. The molecule has 0 saturated carbocycles. The lowest BCUT2D eigenvalue weighted by Gasteiger charge is -2.05. The molecule has 1 heterocycles. The molecule has 3 nitrogen and oxygen atoms in total. The Morgan fingerprint density at radius 3 is 2.89 bits per heavy atom. The molecular weight excluding hydrogens is 251 g/mol. The molecule has 92 valence electrons. The molecule has 2 aromatic rings. The van der Waals surface area contributed by atoms with Crippen LogP contribution in [0.3, 0.4) is 0 Å². The third kappa shape index (κ3) is 3.07. The van der Waals surface area contributed by atoms with E-state index >= 15 is 0 Å². The van der Waals surface area contributed by atoms with E-state index in [0.29, 0.717) is 12.1 Å². The Morgan fingerprint density at radius 1 is 1.39 bits per heavy atom. The van der Waals surface area contributed by atoms with E-state index in [2.05, 4.69) is 22.9 Å². The van der Waals surface area contributed by atoms with Crippen molar-refractivity contribution >= 4 is 18.5 Å². The fourth-order valence-electron chi connectivity index (χ4n) is 1.44. The lowest BCUT2D eigenvalue weighted by atomic mass is 10.2. The van der Waals surface area contributed by atoms with Crippen molar-refractivity contribution in [3.63, 3.8) is 0 Å². The van der Waals surface area contributed by atoms with Crippen LogP contribution >= 0.6 is 12.6 Å². The topological polar surface area (TPSA) is 42.0 Å². The fourth-order valence-corrected chi connectivity index (χ4v) is 1.65. The average molecular weight is 262 g/mol. The number of thiol groups is 1. The number of aromatic nitrogens is 1. The maximum Gasteiger partial charge on any atom is 0.251 e. The van der Waals surface area contributed by atoms with Gasteiger partial charge in [0.1, 0.15) is 5.82 Å². The number of carbonyl (C=O) groups excluding carboxylic acids is 1. The summed E-state index contributed by atoms with van der Waals surface area (Å²) in [6.07, 6.45) is 3.34. The van der Waals surface area contributed by atoms with E-state index in [0.717, 1.165) is 5.56 Å². The van der Waals surface area contributed by atoms with E-state index in [1.54, 1.807) is 18.5 Å². The monoisotopic (exact) mass is 262 g/mol. The number of hydrogen-bond acceptors (Lipinski definition) is 3. The molecule has 5 heteroatoms. The van der Waals surface area contributed by atoms with Crippen LogP contribution in [0.1, 0.15) is 15.9 Å². The molecule has 0 spiro atoms. The zero-order valence-corrected chi connectivity index (χ0v) is 10.3. The Labute approximate surface area is 109 Å². The lowest BCUT2D eigenvalue weighted by molar-refractivity contribution is 0.0950. The molecule has 2 rings (SSSR count). The molecular formula is C13H11FN2OS. The smallest absolute Gasteiger partial charge is 0.251 e. The minimum absolute atomic E-state index is 0.157. The summed E-state index contributed by atoms with van der Waals surface area (Å²) in [4.78, 5) is 15.9. The van der Waals surface area contributed by atoms with Crippen LogP contribution in [0.15, 0.2) is 47.6 Å². The Bertz CT molecular complexity index is 560. The molecule has 1 aromatic carbocycles. The molecule has 1 aromatic heterocycles. The Hall–Kier alpha value is -1.88. The number of benzene rings is 1. The van der Waals surface area contributed by atoms with Gasteiger partial charge in [0, 0.05) is 29.4 Å². The van der Waals surface area contributed by atoms with Gasteiger partial charge in [-0.1, -0.05) is 6.07 Å². The van der Waals surface area contributed by atoms with Crippen LogP contribution in [-0.2, 0) is 6.54 Å². The van der Waals surface area contributed by atoms with Gasteiger partial charge in [-0.2, -0.15) is 0 Å². The third-order valence-electron chi connectivity index (χ3n) is 2.38. The van der Waals surface area contributed by atoms with E-state index in [9.17, 15) is 9.18 Å². The second-order valence-electron chi connectivity index (χ2n) is 3.71. The molecule has 0 unspecified atom stereocenters. The van der Waals surface area contributed by atoms with E-state index in [-0.39, 0.29) is 10.8 Å². The van der Waals surface area contributed by atoms with Crippen LogP contribution in [0.25, 0.3) is 0 Å². The van der Waals surface area contributed by atoms with Gasteiger partial charge in [-0.05, 0) is 29.8 Å². The SMILES string of the molecule is O=C(NCc1cccnc1)c1ccc(F)c(S)c1. The van der Waals surface area contributed by atoms with E-state index in [1.807, 2.05) is 6.07 Å². The van der Waals surface area contributed by atoms with Crippen LogP contribution in [-0.4, -0.2) is 10.9 Å². The first-order valence-corrected chi connectivity index (χ1v) is 5.77. The highest BCUT2D eigenvalue weighted by atomic mass is 32.1. The summed E-state index contributed by atoms with van der Waals surface area (Å²) in [5, 5.41) is 2.73. The summed E-state index contributed by atoms with van der Waals surface area (Å²) in [6, 6.07) is 7.71. The maximum absolute atomic E-state index is 13.0. The lowest BCUT2D eigenvalue weighted by Crippen LogP contribution is -2.22. The largest absolute Gasteiger partial charge is 0.348 e. The summed E-state index contributed by atoms with van der Waals surface area (Å²) in [5.74, 6) is -0.712. The standard InChI is InChI=1S/C13H11FN2OS/c14-11-4-3-10(6-12(11)18)13(17)16-8-9-2-1-5-15-7-9/h1-7,18H,8H2,(H,16,17). The number of rotatable bonds is 3. The van der Waals surface area contributed by atoms with E-state index in [1.165, 1.54) is 18.2 Å². The van der Waals surface area contributed by atoms with E-state index in [4.69, 9.17) is 0 Å². The second-order valence-corrected chi connectivity index (χ2v) is 4.19. The van der Waals surface area contributed by atoms with Gasteiger partial charge < -0.3 is 5.32 Å². The summed E-state index contributed by atoms with van der Waals surface area (Å²) in [5.41, 5.74) is 1.28. The molecule has 0 radical (unpaired) electrons. The first-order valence-electron chi connectivity index (χ1n) is 5.32. The van der Waals surface area contributed by atoms with Gasteiger partial charge in [0.2, 0.25) is 0 Å². The Kier molecular flexibility index (Phi) is 3.94. The van der Waals surface area contributed by atoms with Gasteiger partial charge in [-0.3, -0.25) is 9.78 Å². The van der Waals surface area contributed by atoms with Crippen LogP contribution < -0.4 is 5.32 Å². The number of hydrogen-bond donors (Lipinski definition) is 2. The molecule has 1 amide bonds. The Morgan fingerprint density at radius 2 is 2.22 bits per heavy atom. The molecule has 1 N–H and O–H groups in total. The highest BCUT2D eigenvalue weighted by Crippen LogP contribution is 2.14. The molecule has 0 aliphatic carbocycles. The molecule has 0 fully saturated rings. The van der Waals surface area contributed by atoms with Gasteiger partial charge >= 0.3 is 0 Å². The molecule has 0 atom stereocenters. The Balaban J connectivity index is 2.02. The summed E-state index contributed by atoms with van der Waals surface area (Å²) in [7, 11) is 0. The molecule has 0 aliphatic heterocycles. The van der Waals surface area contributed by atoms with Crippen molar-refractivity contribution < 1.29 is 9.18 Å². The summed E-state index contributed by atoms with van der Waals surface area (Å²) >= 11 is 3.94. The summed E-state index contributed by atoms with van der Waals surface area (Å²) in [6.45, 7) is 0.381. The predicted octanol–water partition coefficient (Wildman–Crippen LogP) is 2.44. The number of nitrogens with one attached hydrogen (secondary N) is 1. The van der Waals surface area contributed by atoms with Crippen LogP contribution in [0.4, 0.5) is 4.39 Å². The molecule has 0 aliphatic rings. The maximum atomic E-state index is 13.0. The van der Waals surface area contributed by atoms with Gasteiger partial charge in [-0.25, -0.2) is 4.39 Å². The number of carbonyl (C=O) groups is 1. The molecule has 0 bridgehead atoms. The second kappa shape index (κ2) is 5.64. The minimum atomic E-state index is -0.442. The van der Waals surface area contributed by atoms with Gasteiger partial charge in [0.15, 0.2) is 0 Å². The van der Waals surface area contributed by atoms with Crippen molar-refractivity contribution in [3.8, 4) is 0 Å². The van der Waals surface area contributed by atoms with Crippen molar-refractivity contribution in [3.05, 3.63) is 59.7 Å². The normalized spacial score (nSPS) is 10.1. The van der Waals surface area contributed by atoms with Crippen LogP contribution in [0, 0.1) is 5.82 Å². The van der Waals surface area contributed by atoms with Gasteiger partial charge in [0.05, 0.1) is 0 Å². The van der Waals surface area contributed by atoms with Crippen molar-refractivity contribution in [2.45, 2.75) is 11.4 Å². The highest BCUT2D eigenvalue weighted by molar-refractivity contribution is 7.80. The number of halogens is 1. The predicted molar refractivity (Wildman–Crippen MR) is 69.1 cm³/mol. The quantitative estimate of drug-likeness (QED) is 0.834. The van der Waals surface area contributed by atoms with E-state index < -0.39 is 5.82 Å². The third-order valence-corrected chi connectivity index (χ3v) is 2.73. The first-order chi connectivity index (χ1) is 8.66. The molecule has 18 heavy (non-hydrogen) atoms. The zero-order chi connectivity index (χ0) is 13.0. The van der Waals surface area contributed by atoms with Crippen molar-refractivity contribution in [1.82, 2.24) is 10.3 Å². The zero-order valence-electron chi connectivity index (χ0n) is 9.43. The number of pyridine rings is 1. The van der Waals surface area contributed by atoms with Crippen molar-refractivity contribution in [2.75, 3.05) is 0 Å². The van der Waals surface area contributed by atoms with Gasteiger partial charge in [0.25, 0.3) is 5.91 Å². The number of amides is 1. The first kappa shape index (κ1) is 12.6. The molecule has 0 saturated heterocycles. The minimum Gasteiger partial charge on any atom is -0.348 e. The van der Waals surface area contributed by atoms with Crippen LogP contribution in [0.2, 0.25) is 0 Å². The van der Waals surface area contributed by atoms with Gasteiger partial charge in [-0.15, -0.1) is 12.6 Å². The fraction of sp³-hybridized carbons (Fsp3) is 0.0769. The number of nitrogens with zero attached hydrogens (tertiary/aromatic N) is 1. The van der Waals surface area contributed by atoms with Crippen LogP contribution in [0.5, 0.6) is 0 Å². The van der Waals surface area contributed by atoms with Crippen molar-refractivity contribution in [1.29, 1.82) is 0 Å².